The molecule has 1 aliphatic rings. The van der Waals surface area contributed by atoms with Crippen LogP contribution in [0.3, 0.4) is 0 Å². The maximum Gasteiger partial charge on any atom is 0.251 e. The monoisotopic (exact) mass is 404 g/mol. The van der Waals surface area contributed by atoms with E-state index in [0.717, 1.165) is 40.4 Å². The van der Waals surface area contributed by atoms with Crippen molar-refractivity contribution in [2.24, 2.45) is 0 Å². The van der Waals surface area contributed by atoms with Gasteiger partial charge in [0, 0.05) is 42.3 Å². The molecular formula is C23H24N4OS. The first kappa shape index (κ1) is 18.2. The van der Waals surface area contributed by atoms with Gasteiger partial charge in [-0.3, -0.25) is 4.79 Å². The number of H-pyrrole nitrogens is 1. The maximum absolute atomic E-state index is 12.6. The summed E-state index contributed by atoms with van der Waals surface area (Å²) in [5, 5.41) is 5.36. The number of rotatable bonds is 5. The summed E-state index contributed by atoms with van der Waals surface area (Å²) in [7, 11) is 0. The first-order valence-corrected chi connectivity index (χ1v) is 11.1. The highest BCUT2D eigenvalue weighted by molar-refractivity contribution is 7.22. The van der Waals surface area contributed by atoms with Crippen molar-refractivity contribution >= 4 is 43.5 Å². The van der Waals surface area contributed by atoms with Crippen LogP contribution in [-0.2, 0) is 6.42 Å². The molecule has 29 heavy (non-hydrogen) atoms. The van der Waals surface area contributed by atoms with E-state index < -0.39 is 0 Å². The van der Waals surface area contributed by atoms with Crippen molar-refractivity contribution in [1.29, 1.82) is 0 Å². The lowest BCUT2D eigenvalue weighted by molar-refractivity contribution is 0.0954. The van der Waals surface area contributed by atoms with Crippen LogP contribution in [0.1, 0.15) is 35.2 Å². The number of aromatic nitrogens is 2. The minimum atomic E-state index is -0.0281. The largest absolute Gasteiger partial charge is 0.361 e. The minimum Gasteiger partial charge on any atom is -0.361 e. The number of piperidine rings is 1. The molecule has 0 spiro atoms. The summed E-state index contributed by atoms with van der Waals surface area (Å²) in [6.45, 7) is 2.78. The molecule has 1 amide bonds. The highest BCUT2D eigenvalue weighted by Crippen LogP contribution is 2.31. The van der Waals surface area contributed by atoms with Gasteiger partial charge in [0.05, 0.1) is 10.2 Å². The van der Waals surface area contributed by atoms with Crippen LogP contribution < -0.4 is 10.2 Å². The lowest BCUT2D eigenvalue weighted by Crippen LogP contribution is -2.29. The molecule has 1 aliphatic heterocycles. The summed E-state index contributed by atoms with van der Waals surface area (Å²) >= 11 is 1.69. The van der Waals surface area contributed by atoms with Gasteiger partial charge in [0.15, 0.2) is 5.13 Å². The Morgan fingerprint density at radius 3 is 2.90 bits per heavy atom. The van der Waals surface area contributed by atoms with Gasteiger partial charge in [-0.25, -0.2) is 4.98 Å². The van der Waals surface area contributed by atoms with E-state index in [-0.39, 0.29) is 5.91 Å². The van der Waals surface area contributed by atoms with Crippen molar-refractivity contribution in [1.82, 2.24) is 15.3 Å². The number of nitrogens with zero attached hydrogens (tertiary/aromatic N) is 2. The zero-order valence-electron chi connectivity index (χ0n) is 16.3. The number of para-hydroxylation sites is 1. The van der Waals surface area contributed by atoms with Gasteiger partial charge in [0.2, 0.25) is 0 Å². The van der Waals surface area contributed by atoms with E-state index in [0.29, 0.717) is 12.1 Å². The Balaban J connectivity index is 1.25. The highest BCUT2D eigenvalue weighted by Gasteiger charge is 2.16. The van der Waals surface area contributed by atoms with Crippen LogP contribution in [0, 0.1) is 0 Å². The molecule has 2 aromatic carbocycles. The van der Waals surface area contributed by atoms with Crippen LogP contribution >= 0.6 is 11.3 Å². The second-order valence-corrected chi connectivity index (χ2v) is 8.60. The van der Waals surface area contributed by atoms with E-state index in [2.05, 4.69) is 27.3 Å². The number of amides is 1. The molecule has 1 fully saturated rings. The normalized spacial score (nSPS) is 14.6. The van der Waals surface area contributed by atoms with E-state index in [4.69, 9.17) is 4.98 Å². The molecule has 1 saturated heterocycles. The number of fused-ring (bicyclic) bond motifs is 2. The number of aromatic amines is 1. The van der Waals surface area contributed by atoms with Crippen LogP contribution in [0.4, 0.5) is 5.13 Å². The van der Waals surface area contributed by atoms with Crippen LogP contribution in [0.15, 0.2) is 48.7 Å². The molecule has 0 atom stereocenters. The molecule has 0 unspecified atom stereocenters. The Bertz CT molecular complexity index is 1160. The highest BCUT2D eigenvalue weighted by atomic mass is 32.1. The molecule has 5 nitrogen and oxygen atoms in total. The maximum atomic E-state index is 12.6. The van der Waals surface area contributed by atoms with Crippen molar-refractivity contribution in [3.63, 3.8) is 0 Å². The second-order valence-electron chi connectivity index (χ2n) is 7.59. The summed E-state index contributed by atoms with van der Waals surface area (Å²) in [5.74, 6) is -0.0281. The zero-order chi connectivity index (χ0) is 19.6. The number of hydrogen-bond donors (Lipinski definition) is 2. The van der Waals surface area contributed by atoms with Crippen molar-refractivity contribution in [3.8, 4) is 0 Å². The summed E-state index contributed by atoms with van der Waals surface area (Å²) in [6, 6.07) is 14.1. The van der Waals surface area contributed by atoms with Crippen LogP contribution in [0.2, 0.25) is 0 Å². The quantitative estimate of drug-likeness (QED) is 0.505. The predicted molar refractivity (Wildman–Crippen MR) is 120 cm³/mol. The van der Waals surface area contributed by atoms with Gasteiger partial charge in [-0.2, -0.15) is 0 Å². The van der Waals surface area contributed by atoms with E-state index in [1.807, 2.05) is 36.5 Å². The average Bonchev–Trinajstić information content (AvgIpc) is 3.38. The standard InChI is InChI=1S/C23H24N4OS/c28-22(24-11-10-17-15-25-19-7-3-2-6-18(17)19)16-8-9-20-21(14-16)29-23(26-20)27-12-4-1-5-13-27/h2-3,6-9,14-15,25H,1,4-5,10-13H2,(H,24,28). The van der Waals surface area contributed by atoms with Gasteiger partial charge in [-0.05, 0) is 55.5 Å². The summed E-state index contributed by atoms with van der Waals surface area (Å²) in [5.41, 5.74) is 4.04. The van der Waals surface area contributed by atoms with Gasteiger partial charge in [0.1, 0.15) is 0 Å². The van der Waals surface area contributed by atoms with Gasteiger partial charge in [-0.15, -0.1) is 0 Å². The smallest absolute Gasteiger partial charge is 0.251 e. The summed E-state index contributed by atoms with van der Waals surface area (Å²) in [4.78, 5) is 23.1. The average molecular weight is 405 g/mol. The molecule has 2 aromatic heterocycles. The molecule has 0 saturated carbocycles. The molecule has 6 heteroatoms. The number of anilines is 1. The molecule has 3 heterocycles. The third-order valence-electron chi connectivity index (χ3n) is 5.62. The first-order chi connectivity index (χ1) is 14.3. The third kappa shape index (κ3) is 3.72. The number of thiazole rings is 1. The fraction of sp³-hybridized carbons (Fsp3) is 0.304. The SMILES string of the molecule is O=C(NCCc1c[nH]c2ccccc12)c1ccc2nc(N3CCCCC3)sc2c1. The Hall–Kier alpha value is -2.86. The molecule has 148 valence electrons. The van der Waals surface area contributed by atoms with E-state index in [9.17, 15) is 4.79 Å². The molecule has 5 rings (SSSR count). The third-order valence-corrected chi connectivity index (χ3v) is 6.70. The number of benzene rings is 2. The Morgan fingerprint density at radius 2 is 2.00 bits per heavy atom. The van der Waals surface area contributed by atoms with Crippen molar-refractivity contribution < 1.29 is 4.79 Å². The Kier molecular flexibility index (Phi) is 4.94. The molecule has 0 aliphatic carbocycles. The van der Waals surface area contributed by atoms with Crippen LogP contribution in [0.5, 0.6) is 0 Å². The first-order valence-electron chi connectivity index (χ1n) is 10.3. The Labute approximate surface area is 173 Å². The molecule has 4 aromatic rings. The molecule has 2 N–H and O–H groups in total. The van der Waals surface area contributed by atoms with Gasteiger partial charge in [-0.1, -0.05) is 29.5 Å². The number of nitrogens with one attached hydrogen (secondary N) is 2. The second kappa shape index (κ2) is 7.87. The fourth-order valence-corrected chi connectivity index (χ4v) is 5.08. The van der Waals surface area contributed by atoms with Crippen molar-refractivity contribution in [3.05, 3.63) is 59.8 Å². The predicted octanol–water partition coefficient (Wildman–Crippen LogP) is 4.74. The van der Waals surface area contributed by atoms with Crippen LogP contribution in [-0.4, -0.2) is 35.5 Å². The van der Waals surface area contributed by atoms with Gasteiger partial charge in [0.25, 0.3) is 5.91 Å². The van der Waals surface area contributed by atoms with Gasteiger partial charge >= 0.3 is 0 Å². The number of carbonyl (C=O) groups is 1. The van der Waals surface area contributed by atoms with Crippen molar-refractivity contribution in [2.45, 2.75) is 25.7 Å². The number of carbonyl (C=O) groups excluding carboxylic acids is 1. The van der Waals surface area contributed by atoms with Gasteiger partial charge < -0.3 is 15.2 Å². The van der Waals surface area contributed by atoms with E-state index in [1.165, 1.54) is 30.2 Å². The lowest BCUT2D eigenvalue weighted by atomic mass is 10.1. The fourth-order valence-electron chi connectivity index (χ4n) is 4.03. The lowest BCUT2D eigenvalue weighted by Gasteiger charge is -2.25. The van der Waals surface area contributed by atoms with Crippen molar-refractivity contribution in [2.75, 3.05) is 24.5 Å². The molecular weight excluding hydrogens is 380 g/mol. The Morgan fingerprint density at radius 1 is 1.14 bits per heavy atom. The van der Waals surface area contributed by atoms with E-state index in [1.54, 1.807) is 11.3 Å². The topological polar surface area (TPSA) is 61.0 Å². The zero-order valence-corrected chi connectivity index (χ0v) is 17.1. The molecule has 0 bridgehead atoms. The summed E-state index contributed by atoms with van der Waals surface area (Å²) in [6.07, 6.45) is 6.62. The number of hydrogen-bond acceptors (Lipinski definition) is 4. The van der Waals surface area contributed by atoms with Crippen LogP contribution in [0.25, 0.3) is 21.1 Å². The van der Waals surface area contributed by atoms with E-state index >= 15 is 0 Å². The molecule has 0 radical (unpaired) electrons. The summed E-state index contributed by atoms with van der Waals surface area (Å²) < 4.78 is 1.08. The minimum absolute atomic E-state index is 0.0281.